The molecule has 0 unspecified atom stereocenters. The summed E-state index contributed by atoms with van der Waals surface area (Å²) in [5.41, 5.74) is 7.56. The minimum Gasteiger partial charge on any atom is -0.497 e. The highest BCUT2D eigenvalue weighted by Gasteiger charge is 2.16. The Morgan fingerprint density at radius 1 is 1.27 bits per heavy atom. The van der Waals surface area contributed by atoms with Crippen molar-refractivity contribution in [1.82, 2.24) is 14.9 Å². The topological polar surface area (TPSA) is 178 Å². The van der Waals surface area contributed by atoms with Gasteiger partial charge in [-0.2, -0.15) is 0 Å². The summed E-state index contributed by atoms with van der Waals surface area (Å²) in [6, 6.07) is 5.20. The standard InChI is InChI=1S/C23H31N4O8PS/c1-15(27(14-28)13-18-12-25-16(2)26-23(18)24)21(9-10-35-36(30,31)32)37-22(29)8-5-17-11-19(33-3)6-7-20(17)34-4/h5-8,11-12,14,29,37H,9-10,13H2,1-4H3,(H2,24,25,26)(H2,30,31,32)/b8-5+,21-15-. The third-order valence-corrected chi connectivity index (χ3v) is 6.75. The van der Waals surface area contributed by atoms with Gasteiger partial charge >= 0.3 is 7.82 Å². The second kappa shape index (κ2) is 14.0. The Kier molecular flexibility index (Phi) is 11.4. The van der Waals surface area contributed by atoms with Crippen molar-refractivity contribution in [1.29, 1.82) is 0 Å². The van der Waals surface area contributed by atoms with Crippen LogP contribution in [-0.4, -0.2) is 62.0 Å². The van der Waals surface area contributed by atoms with Crippen molar-refractivity contribution in [2.24, 2.45) is 0 Å². The quantitative estimate of drug-likeness (QED) is 0.0808. The maximum absolute atomic E-state index is 11.9. The lowest BCUT2D eigenvalue weighted by atomic mass is 10.1. The number of nitrogens with two attached hydrogens (primary N) is 1. The van der Waals surface area contributed by atoms with Crippen LogP contribution in [0.1, 0.15) is 30.3 Å². The zero-order chi connectivity index (χ0) is 27.6. The van der Waals surface area contributed by atoms with Gasteiger partial charge in [-0.25, -0.2) is 14.5 Å². The highest BCUT2D eigenvalue weighted by molar-refractivity contribution is 8.02. The average Bonchev–Trinajstić information content (AvgIpc) is 2.85. The number of carbonyl (C=O) groups excluding carboxylic acids is 1. The molecule has 12 nitrogen and oxygen atoms in total. The molecule has 202 valence electrons. The molecule has 2 aromatic rings. The van der Waals surface area contributed by atoms with E-state index in [1.807, 2.05) is 0 Å². The van der Waals surface area contributed by atoms with Gasteiger partial charge in [-0.1, -0.05) is 0 Å². The number of anilines is 1. The van der Waals surface area contributed by atoms with Crippen LogP contribution in [0.5, 0.6) is 11.5 Å². The highest BCUT2D eigenvalue weighted by atomic mass is 32.1. The number of benzene rings is 1. The number of amides is 1. The molecule has 1 aromatic heterocycles. The van der Waals surface area contributed by atoms with E-state index in [4.69, 9.17) is 25.0 Å². The summed E-state index contributed by atoms with van der Waals surface area (Å²) in [6.45, 7) is 3.04. The molecule has 5 N–H and O–H groups in total. The van der Waals surface area contributed by atoms with Gasteiger partial charge in [0.2, 0.25) is 6.41 Å². The van der Waals surface area contributed by atoms with E-state index in [1.165, 1.54) is 31.4 Å². The van der Waals surface area contributed by atoms with Crippen molar-refractivity contribution in [2.45, 2.75) is 26.8 Å². The first-order chi connectivity index (χ1) is 17.5. The predicted octanol–water partition coefficient (Wildman–Crippen LogP) is 2.94. The first-order valence-electron chi connectivity index (χ1n) is 10.8. The summed E-state index contributed by atoms with van der Waals surface area (Å²) in [5, 5.41) is 10.6. The molecule has 0 fully saturated rings. The summed E-state index contributed by atoms with van der Waals surface area (Å²) in [4.78, 5) is 40.0. The van der Waals surface area contributed by atoms with Gasteiger partial charge in [-0.15, -0.1) is 11.4 Å². The molecule has 0 saturated carbocycles. The van der Waals surface area contributed by atoms with Gasteiger partial charge < -0.3 is 35.0 Å². The number of aliphatic hydroxyl groups excluding tert-OH is 1. The van der Waals surface area contributed by atoms with Crippen LogP contribution in [0.3, 0.4) is 0 Å². The first-order valence-corrected chi connectivity index (χ1v) is 13.3. The summed E-state index contributed by atoms with van der Waals surface area (Å²) in [5.74, 6) is 1.87. The zero-order valence-electron chi connectivity index (χ0n) is 20.9. The number of methoxy groups -OCH3 is 2. The molecular formula is C23H31N4O8PS. The number of phosphoric acid groups is 1. The van der Waals surface area contributed by atoms with Gasteiger partial charge in [-0.05, 0) is 44.2 Å². The zero-order valence-corrected chi connectivity index (χ0v) is 22.6. The first kappa shape index (κ1) is 30.2. The maximum atomic E-state index is 11.9. The van der Waals surface area contributed by atoms with E-state index in [2.05, 4.69) is 14.5 Å². The van der Waals surface area contributed by atoms with Gasteiger partial charge in [0, 0.05) is 34.3 Å². The monoisotopic (exact) mass is 554 g/mol. The molecule has 0 radical (unpaired) electrons. The molecule has 0 spiro atoms. The van der Waals surface area contributed by atoms with E-state index in [-0.39, 0.29) is 41.8 Å². The lowest BCUT2D eigenvalue weighted by Crippen LogP contribution is -2.22. The van der Waals surface area contributed by atoms with E-state index >= 15 is 0 Å². The van der Waals surface area contributed by atoms with Crippen LogP contribution in [0, 0.1) is 6.92 Å². The van der Waals surface area contributed by atoms with Crippen LogP contribution in [0.2, 0.25) is 0 Å². The Morgan fingerprint density at radius 3 is 2.59 bits per heavy atom. The molecule has 1 amide bonds. The molecule has 0 atom stereocenters. The fraction of sp³-hybridized carbons (Fsp3) is 0.304. The van der Waals surface area contributed by atoms with Crippen molar-refractivity contribution in [2.75, 3.05) is 26.6 Å². The number of aromatic nitrogens is 2. The summed E-state index contributed by atoms with van der Waals surface area (Å²) >= 11 is 0.285. The number of allylic oxidation sites excluding steroid dienone is 1. The molecule has 1 aromatic carbocycles. The molecule has 0 aliphatic rings. The average molecular weight is 555 g/mol. The van der Waals surface area contributed by atoms with Crippen LogP contribution >= 0.6 is 19.2 Å². The Bertz CT molecular complexity index is 1250. The van der Waals surface area contributed by atoms with Crippen LogP contribution in [0.15, 0.2) is 41.1 Å². The molecule has 2 rings (SSSR count). The molecule has 0 aliphatic heterocycles. The molecule has 14 heteroatoms. The minimum absolute atomic E-state index is 0.0170. The Morgan fingerprint density at radius 2 is 2.00 bits per heavy atom. The molecule has 0 bridgehead atoms. The SMILES string of the molecule is COc1ccc(OC)c(/C=C/C(O)=[SH]\C(CCOP(=O)(O)O)=C(\C)N(C=O)Cc2cnc(C)nc2N)c1. The van der Waals surface area contributed by atoms with Crippen molar-refractivity contribution in [3.8, 4) is 11.5 Å². The lowest BCUT2D eigenvalue weighted by molar-refractivity contribution is -0.116. The van der Waals surface area contributed by atoms with Crippen LogP contribution in [0.4, 0.5) is 5.82 Å². The number of hydrogen-bond acceptors (Lipinski definition) is 8. The van der Waals surface area contributed by atoms with E-state index in [0.717, 1.165) is 0 Å². The maximum Gasteiger partial charge on any atom is 0.469 e. The van der Waals surface area contributed by atoms with Gasteiger partial charge in [0.25, 0.3) is 0 Å². The Hall–Kier alpha value is -3.06. The smallest absolute Gasteiger partial charge is 0.469 e. The van der Waals surface area contributed by atoms with Crippen LogP contribution in [-0.2, 0) is 20.4 Å². The predicted molar refractivity (Wildman–Crippen MR) is 143 cm³/mol. The third kappa shape index (κ3) is 9.73. The number of thiol groups is 1. The van der Waals surface area contributed by atoms with Crippen molar-refractivity contribution in [3.63, 3.8) is 0 Å². The number of aryl methyl sites for hydroxylation is 1. The fourth-order valence-electron chi connectivity index (χ4n) is 3.11. The van der Waals surface area contributed by atoms with Crippen molar-refractivity contribution < 1.29 is 38.3 Å². The number of aliphatic hydroxyl groups is 1. The van der Waals surface area contributed by atoms with E-state index < -0.39 is 7.82 Å². The van der Waals surface area contributed by atoms with Crippen LogP contribution in [0.25, 0.3) is 6.08 Å². The molecule has 37 heavy (non-hydrogen) atoms. The summed E-state index contributed by atoms with van der Waals surface area (Å²) < 4.78 is 26.3. The third-order valence-electron chi connectivity index (χ3n) is 5.03. The minimum atomic E-state index is -4.70. The lowest BCUT2D eigenvalue weighted by Gasteiger charge is -2.22. The molecule has 1 heterocycles. The number of phosphoric ester groups is 1. The second-order valence-corrected chi connectivity index (χ2v) is 10.0. The van der Waals surface area contributed by atoms with E-state index in [1.54, 1.807) is 38.1 Å². The largest absolute Gasteiger partial charge is 0.497 e. The molecular weight excluding hydrogens is 523 g/mol. The van der Waals surface area contributed by atoms with E-state index in [0.29, 0.717) is 45.5 Å². The Balaban J connectivity index is 2.41. The molecule has 0 saturated heterocycles. The van der Waals surface area contributed by atoms with E-state index in [9.17, 15) is 14.5 Å². The normalized spacial score (nSPS) is 13.1. The summed E-state index contributed by atoms with van der Waals surface area (Å²) in [6.07, 6.45) is 5.20. The number of carbonyl (C=O) groups is 1. The number of nitrogen functional groups attached to an aromatic ring is 1. The van der Waals surface area contributed by atoms with Gasteiger partial charge in [0.15, 0.2) is 0 Å². The fourth-order valence-corrected chi connectivity index (χ4v) is 4.36. The Labute approximate surface area is 218 Å². The number of hydrogen-bond donors (Lipinski definition) is 5. The van der Waals surface area contributed by atoms with Crippen molar-refractivity contribution in [3.05, 3.63) is 58.0 Å². The van der Waals surface area contributed by atoms with Gasteiger partial charge in [-0.3, -0.25) is 9.32 Å². The number of rotatable bonds is 13. The van der Waals surface area contributed by atoms with Crippen LogP contribution < -0.4 is 15.2 Å². The second-order valence-electron chi connectivity index (χ2n) is 7.58. The number of nitrogens with zero attached hydrogens (tertiary/aromatic N) is 3. The van der Waals surface area contributed by atoms with Crippen molar-refractivity contribution >= 4 is 42.5 Å². The molecule has 0 aliphatic carbocycles. The highest BCUT2D eigenvalue weighted by Crippen LogP contribution is 2.36. The van der Waals surface area contributed by atoms with Gasteiger partial charge in [0.05, 0.1) is 32.4 Å². The number of ether oxygens (including phenoxy) is 2. The summed E-state index contributed by atoms with van der Waals surface area (Å²) in [7, 11) is -1.65. The van der Waals surface area contributed by atoms with Gasteiger partial charge in [0.1, 0.15) is 23.1 Å².